The Morgan fingerprint density at radius 3 is 2.63 bits per heavy atom. The highest BCUT2D eigenvalue weighted by atomic mass is 79.9. The summed E-state index contributed by atoms with van der Waals surface area (Å²) < 4.78 is 1.07. The lowest BCUT2D eigenvalue weighted by molar-refractivity contribution is 0.737. The van der Waals surface area contributed by atoms with Gasteiger partial charge in [0.1, 0.15) is 11.9 Å². The van der Waals surface area contributed by atoms with E-state index in [1.54, 1.807) is 12.1 Å². The maximum atomic E-state index is 8.69. The van der Waals surface area contributed by atoms with E-state index in [9.17, 15) is 0 Å². The van der Waals surface area contributed by atoms with Crippen LogP contribution in [0.4, 0.5) is 5.82 Å². The fraction of sp³-hybridized carbons (Fsp3) is 0.214. The van der Waals surface area contributed by atoms with Gasteiger partial charge < -0.3 is 5.32 Å². The topological polar surface area (TPSA) is 61.6 Å². The Morgan fingerprint density at radius 1 is 1.26 bits per heavy atom. The highest BCUT2D eigenvalue weighted by Crippen LogP contribution is 2.27. The zero-order valence-electron chi connectivity index (χ0n) is 10.5. The van der Waals surface area contributed by atoms with Crippen molar-refractivity contribution in [3.8, 4) is 6.07 Å². The summed E-state index contributed by atoms with van der Waals surface area (Å²) in [5.41, 5.74) is 1.50. The van der Waals surface area contributed by atoms with Crippen LogP contribution >= 0.6 is 15.9 Å². The Hall–Kier alpha value is -1.93. The molecule has 0 aliphatic carbocycles. The molecule has 2 rings (SSSR count). The fourth-order valence-corrected chi connectivity index (χ4v) is 2.37. The van der Waals surface area contributed by atoms with Crippen LogP contribution in [0.25, 0.3) is 0 Å². The third-order valence-electron chi connectivity index (χ3n) is 2.79. The van der Waals surface area contributed by atoms with Crippen molar-refractivity contribution in [1.82, 2.24) is 10.2 Å². The molecule has 0 fully saturated rings. The molecule has 19 heavy (non-hydrogen) atoms. The van der Waals surface area contributed by atoms with E-state index in [1.165, 1.54) is 5.56 Å². The molecule has 1 aromatic heterocycles. The smallest absolute Gasteiger partial charge is 0.163 e. The standard InChI is InChI=1S/C14H13BrN4/c1-2-13(11-5-3-4-6-12(11)15)17-14-8-7-10(9-16)18-19-14/h3-8,13H,2H2,1H3,(H,17,19). The van der Waals surface area contributed by atoms with Crippen molar-refractivity contribution < 1.29 is 0 Å². The van der Waals surface area contributed by atoms with Crippen LogP contribution in [0.5, 0.6) is 0 Å². The predicted octanol–water partition coefficient (Wildman–Crippen LogP) is 3.67. The van der Waals surface area contributed by atoms with E-state index in [4.69, 9.17) is 5.26 Å². The van der Waals surface area contributed by atoms with Gasteiger partial charge >= 0.3 is 0 Å². The molecule has 2 aromatic rings. The Balaban J connectivity index is 2.19. The molecule has 0 aliphatic heterocycles. The molecule has 0 aliphatic rings. The van der Waals surface area contributed by atoms with Crippen LogP contribution in [-0.2, 0) is 0 Å². The number of nitrogens with zero attached hydrogens (tertiary/aromatic N) is 3. The second-order valence-corrected chi connectivity index (χ2v) is 4.90. The maximum absolute atomic E-state index is 8.69. The van der Waals surface area contributed by atoms with Crippen LogP contribution in [0.15, 0.2) is 40.9 Å². The molecule has 1 atom stereocenters. The van der Waals surface area contributed by atoms with Crippen molar-refractivity contribution in [2.24, 2.45) is 0 Å². The Kier molecular flexibility index (Phi) is 4.48. The molecule has 4 nitrogen and oxygen atoms in total. The van der Waals surface area contributed by atoms with E-state index in [1.807, 2.05) is 24.3 Å². The second-order valence-electron chi connectivity index (χ2n) is 4.04. The molecule has 0 amide bonds. The molecule has 1 N–H and O–H groups in total. The van der Waals surface area contributed by atoms with Crippen molar-refractivity contribution in [2.75, 3.05) is 5.32 Å². The zero-order valence-corrected chi connectivity index (χ0v) is 12.1. The minimum absolute atomic E-state index is 0.151. The summed E-state index contributed by atoms with van der Waals surface area (Å²) in [5, 5.41) is 19.8. The second kappa shape index (κ2) is 6.30. The Morgan fingerprint density at radius 2 is 2.05 bits per heavy atom. The summed E-state index contributed by atoms with van der Waals surface area (Å²) in [7, 11) is 0. The van der Waals surface area contributed by atoms with Crippen LogP contribution in [-0.4, -0.2) is 10.2 Å². The molecule has 1 aromatic carbocycles. The largest absolute Gasteiger partial charge is 0.362 e. The van der Waals surface area contributed by atoms with Gasteiger partial charge in [0.05, 0.1) is 6.04 Å². The van der Waals surface area contributed by atoms with E-state index in [-0.39, 0.29) is 6.04 Å². The highest BCUT2D eigenvalue weighted by Gasteiger charge is 2.12. The first kappa shape index (κ1) is 13.5. The van der Waals surface area contributed by atoms with Gasteiger partial charge in [-0.25, -0.2) is 0 Å². The third-order valence-corrected chi connectivity index (χ3v) is 3.51. The number of hydrogen-bond donors (Lipinski definition) is 1. The third kappa shape index (κ3) is 3.30. The molecule has 0 spiro atoms. The van der Waals surface area contributed by atoms with E-state index in [0.717, 1.165) is 10.9 Å². The van der Waals surface area contributed by atoms with Crippen LogP contribution in [0.2, 0.25) is 0 Å². The van der Waals surface area contributed by atoms with Crippen molar-refractivity contribution in [3.05, 3.63) is 52.1 Å². The quantitative estimate of drug-likeness (QED) is 0.934. The lowest BCUT2D eigenvalue weighted by Gasteiger charge is -2.19. The van der Waals surface area contributed by atoms with Gasteiger partial charge in [0.2, 0.25) is 0 Å². The van der Waals surface area contributed by atoms with Gasteiger partial charge in [-0.3, -0.25) is 0 Å². The number of halogens is 1. The van der Waals surface area contributed by atoms with Gasteiger partial charge in [0.15, 0.2) is 5.69 Å². The molecule has 0 radical (unpaired) electrons. The van der Waals surface area contributed by atoms with Crippen molar-refractivity contribution in [3.63, 3.8) is 0 Å². The van der Waals surface area contributed by atoms with Gasteiger partial charge in [-0.1, -0.05) is 41.1 Å². The fourth-order valence-electron chi connectivity index (χ4n) is 1.80. The normalized spacial score (nSPS) is 11.6. The molecule has 0 saturated heterocycles. The Labute approximate surface area is 120 Å². The van der Waals surface area contributed by atoms with Crippen molar-refractivity contribution in [1.29, 1.82) is 5.26 Å². The van der Waals surface area contributed by atoms with Crippen LogP contribution in [0.1, 0.15) is 30.6 Å². The van der Waals surface area contributed by atoms with Crippen LogP contribution in [0, 0.1) is 11.3 Å². The number of aromatic nitrogens is 2. The first-order chi connectivity index (χ1) is 9.24. The van der Waals surface area contributed by atoms with Gasteiger partial charge in [-0.15, -0.1) is 10.2 Å². The van der Waals surface area contributed by atoms with Crippen LogP contribution in [0.3, 0.4) is 0 Å². The van der Waals surface area contributed by atoms with Crippen molar-refractivity contribution >= 4 is 21.7 Å². The Bertz CT molecular complexity index is 589. The lowest BCUT2D eigenvalue weighted by Crippen LogP contribution is -2.11. The maximum Gasteiger partial charge on any atom is 0.163 e. The summed E-state index contributed by atoms with van der Waals surface area (Å²) in [6.07, 6.45) is 0.921. The summed E-state index contributed by atoms with van der Waals surface area (Å²) >= 11 is 3.55. The first-order valence-corrected chi connectivity index (χ1v) is 6.78. The molecule has 96 valence electrons. The molecule has 0 saturated carbocycles. The number of benzene rings is 1. The number of rotatable bonds is 4. The summed E-state index contributed by atoms with van der Waals surface area (Å²) in [4.78, 5) is 0. The summed E-state index contributed by atoms with van der Waals surface area (Å²) in [5.74, 6) is 0.668. The lowest BCUT2D eigenvalue weighted by atomic mass is 10.0. The van der Waals surface area contributed by atoms with E-state index >= 15 is 0 Å². The van der Waals surface area contributed by atoms with E-state index < -0.39 is 0 Å². The van der Waals surface area contributed by atoms with E-state index in [0.29, 0.717) is 11.5 Å². The van der Waals surface area contributed by atoms with Gasteiger partial charge in [0, 0.05) is 4.47 Å². The summed E-state index contributed by atoms with van der Waals surface area (Å²) in [6.45, 7) is 2.11. The minimum Gasteiger partial charge on any atom is -0.362 e. The number of nitriles is 1. The average Bonchev–Trinajstić information content (AvgIpc) is 2.46. The molecule has 1 heterocycles. The molecular weight excluding hydrogens is 304 g/mol. The molecule has 1 unspecified atom stereocenters. The van der Waals surface area contributed by atoms with E-state index in [2.05, 4.69) is 44.4 Å². The molecular formula is C14H13BrN4. The van der Waals surface area contributed by atoms with Gasteiger partial charge in [-0.2, -0.15) is 5.26 Å². The number of hydrogen-bond acceptors (Lipinski definition) is 4. The number of nitrogens with one attached hydrogen (secondary N) is 1. The van der Waals surface area contributed by atoms with Crippen molar-refractivity contribution in [2.45, 2.75) is 19.4 Å². The average molecular weight is 317 g/mol. The molecule has 0 bridgehead atoms. The number of anilines is 1. The van der Waals surface area contributed by atoms with Crippen LogP contribution < -0.4 is 5.32 Å². The monoisotopic (exact) mass is 316 g/mol. The summed E-state index contributed by atoms with van der Waals surface area (Å²) in [6, 6.07) is 13.6. The highest BCUT2D eigenvalue weighted by molar-refractivity contribution is 9.10. The molecule has 5 heteroatoms. The first-order valence-electron chi connectivity index (χ1n) is 5.99. The minimum atomic E-state index is 0.151. The van der Waals surface area contributed by atoms with Gasteiger partial charge in [-0.05, 0) is 30.2 Å². The zero-order chi connectivity index (χ0) is 13.7. The predicted molar refractivity (Wildman–Crippen MR) is 77.5 cm³/mol. The SMILES string of the molecule is CCC(Nc1ccc(C#N)nn1)c1ccccc1Br. The van der Waals surface area contributed by atoms with Gasteiger partial charge in [0.25, 0.3) is 0 Å².